The van der Waals surface area contributed by atoms with Gasteiger partial charge in [-0.25, -0.2) is 0 Å². The van der Waals surface area contributed by atoms with Crippen LogP contribution in [0.25, 0.3) is 0 Å². The molecule has 24 valence electrons. The van der Waals surface area contributed by atoms with Crippen molar-refractivity contribution in [3.8, 4) is 0 Å². The minimum atomic E-state index is -2.54. The number of allylic oxidation sites excluding steroid dienone is 1. The predicted molar refractivity (Wildman–Crippen MR) is 20.7 cm³/mol. The van der Waals surface area contributed by atoms with E-state index in [1.54, 1.807) is 0 Å². The van der Waals surface area contributed by atoms with Gasteiger partial charge in [0.25, 0.3) is 0 Å². The second-order valence-corrected chi connectivity index (χ2v) is 0.408. The van der Waals surface area contributed by atoms with Crippen LogP contribution >= 0.6 is 11.6 Å². The van der Waals surface area contributed by atoms with Crippen LogP contribution in [0.2, 0.25) is 0 Å². The quantitative estimate of drug-likeness (QED) is 0.417. The molecule has 0 aliphatic carbocycles. The van der Waals surface area contributed by atoms with Crippen LogP contribution in [0.4, 0.5) is 0 Å². The van der Waals surface area contributed by atoms with Crippen molar-refractivity contribution in [1.29, 1.82) is 0 Å². The first-order valence-electron chi connectivity index (χ1n) is 3.19. The molecule has 0 rings (SSSR count). The second kappa shape index (κ2) is 3.03. The van der Waals surface area contributed by atoms with E-state index in [-0.39, 0.29) is 0 Å². The van der Waals surface area contributed by atoms with E-state index in [4.69, 9.17) is 18.5 Å². The molecule has 1 heteroatoms. The molecule has 0 aliphatic rings. The zero-order chi connectivity index (χ0) is 7.65. The molecule has 0 heterocycles. The van der Waals surface area contributed by atoms with Gasteiger partial charge < -0.3 is 0 Å². The highest BCUT2D eigenvalue weighted by molar-refractivity contribution is 6.25. The summed E-state index contributed by atoms with van der Waals surface area (Å²) in [7, 11) is 0. The Morgan fingerprint density at radius 1 is 2.50 bits per heavy atom. The van der Waals surface area contributed by atoms with E-state index in [9.17, 15) is 0 Å². The molecule has 0 aromatic rings. The Morgan fingerprint density at radius 2 is 3.25 bits per heavy atom. The molecule has 0 spiro atoms. The number of hydrogen-bond acceptors (Lipinski definition) is 0. The molecular formula is C3H5Cl. The van der Waals surface area contributed by atoms with Crippen LogP contribution in [0.15, 0.2) is 11.6 Å². The van der Waals surface area contributed by atoms with Gasteiger partial charge >= 0.3 is 0 Å². The van der Waals surface area contributed by atoms with Crippen molar-refractivity contribution in [2.75, 3.05) is 0 Å². The lowest BCUT2D eigenvalue weighted by Crippen LogP contribution is -1.20. The molecule has 0 saturated carbocycles. The van der Waals surface area contributed by atoms with Gasteiger partial charge in [-0.1, -0.05) is 17.7 Å². The largest absolute Gasteiger partial charge is 0.0933 e. The lowest BCUT2D eigenvalue weighted by atomic mass is 10.8. The molecule has 0 amide bonds. The number of rotatable bonds is 0. The fourth-order valence-corrected chi connectivity index (χ4v) is 0. The van der Waals surface area contributed by atoms with E-state index in [2.05, 4.69) is 0 Å². The molecule has 0 saturated heterocycles. The summed E-state index contributed by atoms with van der Waals surface area (Å²) >= 11 is 4.91. The Balaban J connectivity index is 4.40. The van der Waals surface area contributed by atoms with Crippen LogP contribution in [0.1, 0.15) is 13.7 Å². The van der Waals surface area contributed by atoms with Gasteiger partial charge in [0.05, 0.1) is 2.74 Å². The Bertz CT molecular complexity index is 130. The monoisotopic (exact) mass is 81.0 g/mol. The van der Waals surface area contributed by atoms with E-state index in [0.29, 0.717) is 0 Å². The van der Waals surface area contributed by atoms with Crippen molar-refractivity contribution in [1.82, 2.24) is 0 Å². The highest BCUT2D eigenvalue weighted by atomic mass is 35.5. The van der Waals surface area contributed by atoms with E-state index < -0.39 is 18.4 Å². The first kappa shape index (κ1) is 0.574. The van der Waals surface area contributed by atoms with E-state index >= 15 is 0 Å². The predicted octanol–water partition coefficient (Wildman–Crippen LogP) is 1.76. The zero-order valence-electron chi connectivity index (χ0n) is 6.88. The van der Waals surface area contributed by atoms with Gasteiger partial charge in [-0.15, -0.1) is 0 Å². The van der Waals surface area contributed by atoms with Crippen molar-refractivity contribution < 1.29 is 6.85 Å². The van der Waals surface area contributed by atoms with Crippen LogP contribution < -0.4 is 0 Å². The maximum atomic E-state index is 6.68. The standard InChI is InChI=1S/C3H5Cl/c1-2-3-4/h2-3H,1H3/b3-2+/i1D3,2D,3D. The minimum absolute atomic E-state index is 0.727. The van der Waals surface area contributed by atoms with Crippen molar-refractivity contribution >= 4 is 11.6 Å². The average molecular weight is 81.6 g/mol. The van der Waals surface area contributed by atoms with E-state index in [1.807, 2.05) is 0 Å². The molecule has 0 radical (unpaired) electrons. The Kier molecular flexibility index (Phi) is 0.435. The summed E-state index contributed by atoms with van der Waals surface area (Å²) < 4.78 is 32.9. The highest BCUT2D eigenvalue weighted by Gasteiger charge is 1.37. The molecule has 0 nitrogen and oxygen atoms in total. The first-order valence-corrected chi connectivity index (χ1v) is 1.07. The third-order valence-corrected chi connectivity index (χ3v) is 0.142. The maximum Gasteiger partial charge on any atom is 0.0751 e. The number of hydrogen-bond donors (Lipinski definition) is 0. The van der Waals surface area contributed by atoms with Gasteiger partial charge in [0.2, 0.25) is 0 Å². The molecule has 0 unspecified atom stereocenters. The Labute approximate surface area is 38.1 Å². The molecule has 0 atom stereocenters. The van der Waals surface area contributed by atoms with Crippen LogP contribution in [-0.2, 0) is 0 Å². The summed E-state index contributed by atoms with van der Waals surface area (Å²) in [5.74, 6) is 0. The van der Waals surface area contributed by atoms with E-state index in [1.165, 1.54) is 0 Å². The lowest BCUT2D eigenvalue weighted by Gasteiger charge is -1.46. The van der Waals surface area contributed by atoms with Crippen LogP contribution in [0.5, 0.6) is 0 Å². The molecule has 0 aromatic carbocycles. The summed E-state index contributed by atoms with van der Waals surface area (Å²) in [5.41, 5.74) is -0.727. The van der Waals surface area contributed by atoms with Crippen LogP contribution in [0, 0.1) is 0 Å². The number of halogens is 1. The van der Waals surface area contributed by atoms with Gasteiger partial charge in [0.15, 0.2) is 0 Å². The van der Waals surface area contributed by atoms with E-state index in [0.717, 1.165) is 0 Å². The third-order valence-electron chi connectivity index (χ3n) is 0.0472. The average Bonchev–Trinajstić information content (AvgIpc) is 1.62. The topological polar surface area (TPSA) is 0 Å². The molecule has 0 aliphatic heterocycles. The van der Waals surface area contributed by atoms with Crippen molar-refractivity contribution in [2.45, 2.75) is 6.85 Å². The summed E-state index contributed by atoms with van der Waals surface area (Å²) in [6.07, 6.45) is 0. The molecule has 0 aromatic heterocycles. The fraction of sp³-hybridized carbons (Fsp3) is 0.333. The smallest absolute Gasteiger partial charge is 0.0751 e. The Morgan fingerprint density at radius 3 is 3.25 bits per heavy atom. The summed E-state index contributed by atoms with van der Waals surface area (Å²) in [6.45, 7) is -2.54. The summed E-state index contributed by atoms with van der Waals surface area (Å²) in [4.78, 5) is 0. The first-order chi connectivity index (χ1) is 3.85. The summed E-state index contributed by atoms with van der Waals surface area (Å²) in [5, 5.41) is 0. The zero-order valence-corrected chi connectivity index (χ0v) is 2.63. The minimum Gasteiger partial charge on any atom is -0.0933 e. The molecular weight excluding hydrogens is 71.5 g/mol. The SMILES string of the molecule is [2H]/C(Cl)=C(/[2H])C([2H])([2H])[2H]. The fourth-order valence-electron chi connectivity index (χ4n) is 0. The molecule has 0 bridgehead atoms. The van der Waals surface area contributed by atoms with Crippen molar-refractivity contribution in [2.24, 2.45) is 0 Å². The third kappa shape index (κ3) is 2.03. The Hall–Kier alpha value is 0.0300. The maximum absolute atomic E-state index is 6.68. The van der Waals surface area contributed by atoms with Gasteiger partial charge in [0, 0.05) is 4.11 Å². The van der Waals surface area contributed by atoms with Crippen LogP contribution in [0.3, 0.4) is 0 Å². The molecule has 4 heavy (non-hydrogen) atoms. The molecule has 0 N–H and O–H groups in total. The lowest BCUT2D eigenvalue weighted by molar-refractivity contribution is 1.78. The van der Waals surface area contributed by atoms with Gasteiger partial charge in [0.1, 0.15) is 0 Å². The second-order valence-electron chi connectivity index (χ2n) is 0.219. The normalized spacial score (nSPS) is 35.8. The van der Waals surface area contributed by atoms with Crippen LogP contribution in [-0.4, -0.2) is 0 Å². The van der Waals surface area contributed by atoms with Crippen molar-refractivity contribution in [3.05, 3.63) is 11.6 Å². The highest BCUT2D eigenvalue weighted by Crippen LogP contribution is 1.70. The van der Waals surface area contributed by atoms with Gasteiger partial charge in [-0.2, -0.15) is 0 Å². The molecule has 0 fully saturated rings. The van der Waals surface area contributed by atoms with Gasteiger partial charge in [-0.05, 0) is 12.4 Å². The summed E-state index contributed by atoms with van der Waals surface area (Å²) in [6, 6.07) is -0.816. The van der Waals surface area contributed by atoms with Crippen molar-refractivity contribution in [3.63, 3.8) is 0 Å². The van der Waals surface area contributed by atoms with Gasteiger partial charge in [-0.3, -0.25) is 0 Å².